The van der Waals surface area contributed by atoms with Gasteiger partial charge < -0.3 is 25.9 Å². The van der Waals surface area contributed by atoms with Gasteiger partial charge in [0.15, 0.2) is 5.71 Å². The quantitative estimate of drug-likeness (QED) is 0.0266. The maximum atomic E-state index is 13.1. The molecule has 0 fully saturated rings. The maximum Gasteiger partial charge on any atom is 0.414 e. The van der Waals surface area contributed by atoms with Gasteiger partial charge in [-0.2, -0.15) is 4.58 Å². The van der Waals surface area contributed by atoms with Crippen LogP contribution in [0.3, 0.4) is 0 Å². The third-order valence-electron chi connectivity index (χ3n) is 13.5. The molecule has 0 unspecified atom stereocenters. The van der Waals surface area contributed by atoms with Gasteiger partial charge in [0.05, 0.1) is 11.0 Å². The number of carboxylic acids is 1. The molecular formula is C54H69ClN7O6+. The number of carbonyl (C=O) groups is 4. The van der Waals surface area contributed by atoms with Crippen molar-refractivity contribution in [1.82, 2.24) is 15.2 Å². The minimum atomic E-state index is -1.24. The van der Waals surface area contributed by atoms with Gasteiger partial charge >= 0.3 is 12.1 Å². The number of hydrogen-bond donors (Lipinski definition) is 5. The average Bonchev–Trinajstić information content (AvgIpc) is 3.67. The maximum absolute atomic E-state index is 13.1. The Balaban J connectivity index is 1.06. The number of pyridine rings is 1. The number of nitrogens with zero attached hydrogens (tertiary/aromatic N) is 4. The number of fused-ring (bicyclic) bond motifs is 2. The summed E-state index contributed by atoms with van der Waals surface area (Å²) in [5.41, 5.74) is 11.9. The van der Waals surface area contributed by atoms with E-state index < -0.39 is 18.0 Å². The van der Waals surface area contributed by atoms with Crippen molar-refractivity contribution < 1.29 is 34.0 Å². The smallest absolute Gasteiger partial charge is 0.414 e. The van der Waals surface area contributed by atoms with Crippen LogP contribution in [-0.4, -0.2) is 80.4 Å². The number of hydrogen-bond acceptors (Lipinski definition) is 8. The van der Waals surface area contributed by atoms with E-state index in [4.69, 9.17) is 22.6 Å². The Labute approximate surface area is 406 Å². The second-order valence-electron chi connectivity index (χ2n) is 19.0. The second kappa shape index (κ2) is 23.8. The number of nitrogens with two attached hydrogens (primary N) is 1. The van der Waals surface area contributed by atoms with Gasteiger partial charge in [0.2, 0.25) is 11.6 Å². The molecule has 3 aromatic rings. The van der Waals surface area contributed by atoms with Crippen LogP contribution in [0.25, 0.3) is 0 Å². The zero-order chi connectivity index (χ0) is 48.8. The van der Waals surface area contributed by atoms with Gasteiger partial charge in [0.1, 0.15) is 12.4 Å². The van der Waals surface area contributed by atoms with E-state index in [0.717, 1.165) is 79.1 Å². The molecule has 3 amide bonds. The summed E-state index contributed by atoms with van der Waals surface area (Å²) >= 11 is 7.29. The largest absolute Gasteiger partial charge is 0.481 e. The van der Waals surface area contributed by atoms with Crippen molar-refractivity contribution >= 4 is 58.4 Å². The van der Waals surface area contributed by atoms with Crippen LogP contribution in [0.4, 0.5) is 22.0 Å². The fourth-order valence-corrected chi connectivity index (χ4v) is 10.0. The van der Waals surface area contributed by atoms with Gasteiger partial charge in [0, 0.05) is 84.6 Å². The van der Waals surface area contributed by atoms with Crippen LogP contribution >= 0.6 is 11.6 Å². The van der Waals surface area contributed by atoms with Crippen LogP contribution in [-0.2, 0) is 20.4 Å². The number of rotatable bonds is 23. The molecule has 6 N–H and O–H groups in total. The molecule has 2 aliphatic heterocycles. The third-order valence-corrected chi connectivity index (χ3v) is 14.0. The molecule has 0 radical (unpaired) electrons. The van der Waals surface area contributed by atoms with Gasteiger partial charge in [-0.25, -0.2) is 20.5 Å². The molecule has 0 saturated carbocycles. The Hall–Kier alpha value is -6.05. The minimum Gasteiger partial charge on any atom is -0.481 e. The van der Waals surface area contributed by atoms with E-state index in [9.17, 15) is 24.3 Å². The number of allylic oxidation sites excluding steroid dienone is 8. The molecule has 0 saturated heterocycles. The Bertz CT molecular complexity index is 2470. The van der Waals surface area contributed by atoms with Crippen molar-refractivity contribution in [3.8, 4) is 0 Å². The van der Waals surface area contributed by atoms with Crippen molar-refractivity contribution in [2.45, 2.75) is 128 Å². The lowest BCUT2D eigenvalue weighted by Gasteiger charge is -2.27. The van der Waals surface area contributed by atoms with Gasteiger partial charge in [-0.15, -0.1) is 0 Å². The molecule has 0 bridgehead atoms. The van der Waals surface area contributed by atoms with Crippen LogP contribution in [0.1, 0.15) is 139 Å². The fourth-order valence-electron chi connectivity index (χ4n) is 9.73. The summed E-state index contributed by atoms with van der Waals surface area (Å²) in [5, 5.41) is 22.6. The van der Waals surface area contributed by atoms with Crippen molar-refractivity contribution in [3.05, 3.63) is 130 Å². The number of para-hydroxylation sites is 2. The number of anilines is 2. The predicted molar refractivity (Wildman–Crippen MR) is 271 cm³/mol. The lowest BCUT2D eigenvalue weighted by Crippen LogP contribution is -2.36. The van der Waals surface area contributed by atoms with E-state index in [-0.39, 0.29) is 36.1 Å². The Morgan fingerprint density at radius 3 is 2.28 bits per heavy atom. The third kappa shape index (κ3) is 12.5. The topological polar surface area (TPSA) is 181 Å². The monoisotopic (exact) mass is 946 g/mol. The first-order valence-corrected chi connectivity index (χ1v) is 24.6. The van der Waals surface area contributed by atoms with E-state index in [1.165, 1.54) is 40.1 Å². The first-order chi connectivity index (χ1) is 32.6. The van der Waals surface area contributed by atoms with Gasteiger partial charge in [0.25, 0.3) is 5.91 Å². The highest BCUT2D eigenvalue weighted by Gasteiger charge is 2.44. The van der Waals surface area contributed by atoms with E-state index >= 15 is 0 Å². The molecule has 6 rings (SSSR count). The predicted octanol–water partition coefficient (Wildman–Crippen LogP) is 10.9. The molecular weight excluding hydrogens is 878 g/mol. The number of carbonyl (C=O) groups excluding carboxylic acids is 2. The van der Waals surface area contributed by atoms with Crippen molar-refractivity contribution in [2.75, 3.05) is 36.5 Å². The Morgan fingerprint density at radius 2 is 1.54 bits per heavy atom. The number of nitrogens with one attached hydrogen (secondary N) is 2. The van der Waals surface area contributed by atoms with E-state index in [2.05, 4.69) is 126 Å². The normalized spacial score (nSPS) is 17.2. The van der Waals surface area contributed by atoms with Gasteiger partial charge in [-0.3, -0.25) is 14.4 Å². The molecule has 13 nitrogen and oxygen atoms in total. The molecule has 0 atom stereocenters. The number of carboxylic acid groups (broad SMARTS) is 2. The number of nitrogen functional groups attached to an aromatic ring is 1. The molecule has 1 aliphatic carbocycles. The summed E-state index contributed by atoms with van der Waals surface area (Å²) in [5.74, 6) is 4.39. The summed E-state index contributed by atoms with van der Waals surface area (Å²) in [4.78, 5) is 56.0. The van der Waals surface area contributed by atoms with Crippen LogP contribution in [0, 0.1) is 0 Å². The van der Waals surface area contributed by atoms with E-state index in [1.54, 1.807) is 12.1 Å². The number of unbranched alkanes of at least 4 members (excludes halogenated alkanes) is 6. The highest BCUT2D eigenvalue weighted by molar-refractivity contribution is 6.32. The number of aliphatic carboxylic acids is 1. The summed E-state index contributed by atoms with van der Waals surface area (Å²) in [6.07, 6.45) is 18.6. The SMILES string of the molecule is CC1(C)C(=CC=C2CCCC(C=CC3=[N+](CCCCCC(=O)N(CCCCCNC(=O)c4ccc(NN)nc4)C(=O)O)c4ccccc4C3(C)C)=C2Cl)N(CCCCCC(=O)O)c2ccccc21. The Kier molecular flexibility index (Phi) is 18.0. The first kappa shape index (κ1) is 51.3. The highest BCUT2D eigenvalue weighted by atomic mass is 35.5. The van der Waals surface area contributed by atoms with E-state index in [0.29, 0.717) is 50.0 Å². The Morgan fingerprint density at radius 1 is 0.824 bits per heavy atom. The number of benzene rings is 2. The number of hydrazine groups is 1. The van der Waals surface area contributed by atoms with Gasteiger partial charge in [-0.05, 0) is 119 Å². The van der Waals surface area contributed by atoms with Crippen LogP contribution in [0.2, 0.25) is 0 Å². The van der Waals surface area contributed by atoms with Crippen LogP contribution < -0.4 is 21.5 Å². The van der Waals surface area contributed by atoms with Crippen LogP contribution in [0.15, 0.2) is 113 Å². The summed E-state index contributed by atoms with van der Waals surface area (Å²) in [6.45, 7) is 11.2. The van der Waals surface area contributed by atoms with Crippen molar-refractivity contribution in [1.29, 1.82) is 0 Å². The molecule has 68 heavy (non-hydrogen) atoms. The first-order valence-electron chi connectivity index (χ1n) is 24.2. The molecule has 14 heteroatoms. The minimum absolute atomic E-state index is 0.115. The molecule has 3 aliphatic rings. The van der Waals surface area contributed by atoms with E-state index in [1.807, 2.05) is 0 Å². The molecule has 2 aromatic carbocycles. The number of amides is 3. The fraction of sp³-hybridized carbons (Fsp3) is 0.444. The molecule has 362 valence electrons. The average molecular weight is 948 g/mol. The molecule has 1 aromatic heterocycles. The molecule has 3 heterocycles. The van der Waals surface area contributed by atoms with Crippen LogP contribution in [0.5, 0.6) is 0 Å². The summed E-state index contributed by atoms with van der Waals surface area (Å²) in [6, 6.07) is 20.3. The number of aromatic nitrogens is 1. The number of imide groups is 1. The van der Waals surface area contributed by atoms with Gasteiger partial charge in [-0.1, -0.05) is 80.4 Å². The summed E-state index contributed by atoms with van der Waals surface area (Å²) < 4.78 is 2.39. The zero-order valence-electron chi connectivity index (χ0n) is 40.2. The lowest BCUT2D eigenvalue weighted by atomic mass is 9.81. The standard InChI is InChI=1S/C54H68ClN7O6/c1-53(2)41-21-10-12-23-43(41)60(34-15-5-8-25-48(63)62(52(67)68)36-17-7-14-33-57-51(66)40-29-32-47(59-56)58-37-40)45(53)30-27-38-19-18-20-39(50(38)55)28-31-46-54(3,4)42-22-11-13-24-44(42)61(46)35-16-6-9-26-49(64)65/h10-13,21-24,27-32,37H,5-9,14-20,25-26,33-36,56H2,1-4H3,(H3-,57,58,59,64,65,66,67,68)/p+1. The summed E-state index contributed by atoms with van der Waals surface area (Å²) in [7, 11) is 0. The highest BCUT2D eigenvalue weighted by Crippen LogP contribution is 2.48. The number of halogens is 1. The second-order valence-corrected chi connectivity index (χ2v) is 19.4. The molecule has 0 spiro atoms. The lowest BCUT2D eigenvalue weighted by molar-refractivity contribution is -0.438. The zero-order valence-corrected chi connectivity index (χ0v) is 40.9. The van der Waals surface area contributed by atoms with Crippen molar-refractivity contribution in [2.24, 2.45) is 5.84 Å². The van der Waals surface area contributed by atoms with Crippen molar-refractivity contribution in [3.63, 3.8) is 0 Å².